The zero-order valence-corrected chi connectivity index (χ0v) is 25.0. The monoisotopic (exact) mass is 614 g/mol. The van der Waals surface area contributed by atoms with Gasteiger partial charge in [0.15, 0.2) is 0 Å². The molecule has 0 amide bonds. The van der Waals surface area contributed by atoms with Gasteiger partial charge in [0.05, 0.1) is 61.2 Å². The molecule has 0 spiro atoms. The number of aryl methyl sites for hydroxylation is 2. The van der Waals surface area contributed by atoms with Crippen LogP contribution in [-0.2, 0) is 22.3 Å². The number of aliphatic hydroxyl groups excluding tert-OH is 8. The average Bonchev–Trinajstić information content (AvgIpc) is 3.57. The molecular formula is C27H46N6O10. The van der Waals surface area contributed by atoms with Crippen molar-refractivity contribution < 1.29 is 50.3 Å². The van der Waals surface area contributed by atoms with E-state index in [9.17, 15) is 40.9 Å². The van der Waals surface area contributed by atoms with Gasteiger partial charge in [0.1, 0.15) is 36.5 Å². The Balaban J connectivity index is 1.44. The lowest BCUT2D eigenvalue weighted by atomic mass is 9.83. The largest absolute Gasteiger partial charge is 0.396 e. The Morgan fingerprint density at radius 1 is 0.628 bits per heavy atom. The predicted octanol–water partition coefficient (Wildman–Crippen LogP) is -2.87. The number of nitrogens with zero attached hydrogens (tertiary/aromatic N) is 6. The highest BCUT2D eigenvalue weighted by molar-refractivity contribution is 5.05. The van der Waals surface area contributed by atoms with Gasteiger partial charge in [-0.1, -0.05) is 10.4 Å². The minimum atomic E-state index is -1.32. The van der Waals surface area contributed by atoms with Crippen LogP contribution in [0.2, 0.25) is 0 Å². The fraction of sp³-hybridized carbons (Fsp3) is 0.852. The fourth-order valence-electron chi connectivity index (χ4n) is 6.41. The van der Waals surface area contributed by atoms with Crippen LogP contribution in [-0.4, -0.2) is 145 Å². The molecule has 43 heavy (non-hydrogen) atoms. The SMILES string of the molecule is CC1(C)O[C@@H](CO)[C@@H](O)[C@H](n2cc(CCCc3cn([C@@H]4[C@@H](O)[C@H](CO)C(C)(C)O[C@@H](CO)[C@H]4O)nn3)nn2)[C@@H](O)[C@@H]1CO. The molecule has 10 atom stereocenters. The van der Waals surface area contributed by atoms with E-state index in [0.717, 1.165) is 0 Å². The minimum Gasteiger partial charge on any atom is -0.396 e. The first-order valence-electron chi connectivity index (χ1n) is 14.6. The van der Waals surface area contributed by atoms with Crippen molar-refractivity contribution in [2.75, 3.05) is 26.4 Å². The van der Waals surface area contributed by atoms with Crippen molar-refractivity contribution in [3.05, 3.63) is 23.8 Å². The van der Waals surface area contributed by atoms with Gasteiger partial charge >= 0.3 is 0 Å². The van der Waals surface area contributed by atoms with Crippen LogP contribution in [0.5, 0.6) is 0 Å². The zero-order chi connectivity index (χ0) is 31.7. The smallest absolute Gasteiger partial charge is 0.109 e. The van der Waals surface area contributed by atoms with Crippen LogP contribution in [0.3, 0.4) is 0 Å². The van der Waals surface area contributed by atoms with E-state index in [1.807, 2.05) is 0 Å². The number of hydrogen-bond donors (Lipinski definition) is 8. The Kier molecular flexibility index (Phi) is 10.6. The van der Waals surface area contributed by atoms with E-state index in [0.29, 0.717) is 30.7 Å². The standard InChI is InChI=1S/C27H46N6O10/c1-26(2)16(10-34)22(38)20(24(40)18(12-36)42-26)32-8-14(28-30-32)6-5-7-15-9-33(31-29-15)21-23(39)17(11-35)27(3,4)43-19(13-37)25(21)41/h8-9,16-25,34-41H,5-7,10-13H2,1-4H3/t16-,17-,18-,19-,20+,21+,22-,23-,24+,25+/m0/s1. The lowest BCUT2D eigenvalue weighted by Gasteiger charge is -2.35. The number of ether oxygens (including phenoxy) is 2. The second-order valence-corrected chi connectivity index (χ2v) is 12.6. The van der Waals surface area contributed by atoms with E-state index in [2.05, 4.69) is 20.6 Å². The molecule has 0 aromatic carbocycles. The maximum atomic E-state index is 11.1. The molecule has 4 heterocycles. The molecule has 0 aliphatic carbocycles. The summed E-state index contributed by atoms with van der Waals surface area (Å²) in [5, 5.41) is 100. The Morgan fingerprint density at radius 2 is 1.00 bits per heavy atom. The topological polar surface area (TPSA) is 242 Å². The molecule has 2 aliphatic heterocycles. The number of aromatic nitrogens is 6. The highest BCUT2D eigenvalue weighted by Crippen LogP contribution is 2.39. The van der Waals surface area contributed by atoms with Gasteiger partial charge in [0.2, 0.25) is 0 Å². The van der Waals surface area contributed by atoms with Crippen molar-refractivity contribution in [2.45, 2.75) is 107 Å². The molecule has 0 saturated carbocycles. The molecule has 0 bridgehead atoms. The molecule has 2 saturated heterocycles. The van der Waals surface area contributed by atoms with Gasteiger partial charge in [-0.3, -0.25) is 0 Å². The van der Waals surface area contributed by atoms with E-state index >= 15 is 0 Å². The molecule has 4 rings (SSSR count). The van der Waals surface area contributed by atoms with Crippen molar-refractivity contribution >= 4 is 0 Å². The van der Waals surface area contributed by atoms with E-state index in [1.165, 1.54) is 9.36 Å². The fourth-order valence-corrected chi connectivity index (χ4v) is 6.41. The van der Waals surface area contributed by atoms with Crippen LogP contribution >= 0.6 is 0 Å². The summed E-state index contributed by atoms with van der Waals surface area (Å²) in [6, 6.07) is -2.04. The minimum absolute atomic E-state index is 0.404. The maximum absolute atomic E-state index is 11.1. The summed E-state index contributed by atoms with van der Waals surface area (Å²) in [6.07, 6.45) is -2.47. The van der Waals surface area contributed by atoms with E-state index in [1.54, 1.807) is 40.1 Å². The van der Waals surface area contributed by atoms with Gasteiger partial charge in [-0.2, -0.15) is 0 Å². The normalized spacial score (nSPS) is 36.3. The summed E-state index contributed by atoms with van der Waals surface area (Å²) in [7, 11) is 0. The van der Waals surface area contributed by atoms with Crippen molar-refractivity contribution in [2.24, 2.45) is 11.8 Å². The first kappa shape index (κ1) is 33.8. The van der Waals surface area contributed by atoms with Gasteiger partial charge in [-0.05, 0) is 47.0 Å². The molecule has 2 fully saturated rings. The van der Waals surface area contributed by atoms with Crippen LogP contribution in [0.25, 0.3) is 0 Å². The maximum Gasteiger partial charge on any atom is 0.109 e. The van der Waals surface area contributed by atoms with Crippen molar-refractivity contribution in [3.8, 4) is 0 Å². The molecule has 0 unspecified atom stereocenters. The molecular weight excluding hydrogens is 568 g/mol. The summed E-state index contributed by atoms with van der Waals surface area (Å²) >= 11 is 0. The Hall–Kier alpha value is -2.12. The molecule has 0 radical (unpaired) electrons. The van der Waals surface area contributed by atoms with Gasteiger partial charge in [-0.15, -0.1) is 10.2 Å². The molecule has 8 N–H and O–H groups in total. The Labute approximate surface area is 249 Å². The Bertz CT molecular complexity index is 1090. The summed E-state index contributed by atoms with van der Waals surface area (Å²) in [5.74, 6) is -1.52. The summed E-state index contributed by atoms with van der Waals surface area (Å²) in [4.78, 5) is 0. The number of aliphatic hydroxyl groups is 8. The first-order chi connectivity index (χ1) is 20.3. The molecule has 2 aliphatic rings. The molecule has 2 aromatic rings. The third-order valence-electron chi connectivity index (χ3n) is 9.03. The van der Waals surface area contributed by atoms with Crippen molar-refractivity contribution in [3.63, 3.8) is 0 Å². The highest BCUT2D eigenvalue weighted by atomic mass is 16.5. The number of hydrogen-bond acceptors (Lipinski definition) is 14. The quantitative estimate of drug-likeness (QED) is 0.134. The van der Waals surface area contributed by atoms with Gasteiger partial charge in [0, 0.05) is 24.2 Å². The predicted molar refractivity (Wildman–Crippen MR) is 147 cm³/mol. The van der Waals surface area contributed by atoms with Crippen LogP contribution in [0.4, 0.5) is 0 Å². The van der Waals surface area contributed by atoms with Crippen molar-refractivity contribution in [1.82, 2.24) is 30.0 Å². The van der Waals surface area contributed by atoms with Crippen LogP contribution in [0, 0.1) is 11.8 Å². The highest BCUT2D eigenvalue weighted by Gasteiger charge is 2.51. The molecule has 2 aromatic heterocycles. The third kappa shape index (κ3) is 6.78. The molecule has 16 heteroatoms. The summed E-state index contributed by atoms with van der Waals surface area (Å²) in [6.45, 7) is 4.93. The van der Waals surface area contributed by atoms with Gasteiger partial charge in [-0.25, -0.2) is 9.36 Å². The lowest BCUT2D eigenvalue weighted by molar-refractivity contribution is -0.151. The second kappa shape index (κ2) is 13.5. The lowest BCUT2D eigenvalue weighted by Crippen LogP contribution is -2.45. The van der Waals surface area contributed by atoms with E-state index in [4.69, 9.17) is 9.47 Å². The van der Waals surface area contributed by atoms with Crippen LogP contribution in [0.15, 0.2) is 12.4 Å². The molecule has 16 nitrogen and oxygen atoms in total. The van der Waals surface area contributed by atoms with Crippen LogP contribution < -0.4 is 0 Å². The van der Waals surface area contributed by atoms with E-state index in [-0.39, 0.29) is 0 Å². The first-order valence-corrected chi connectivity index (χ1v) is 14.6. The van der Waals surface area contributed by atoms with E-state index < -0.39 is 98.2 Å². The van der Waals surface area contributed by atoms with Crippen molar-refractivity contribution in [1.29, 1.82) is 0 Å². The summed E-state index contributed by atoms with van der Waals surface area (Å²) < 4.78 is 14.4. The second-order valence-electron chi connectivity index (χ2n) is 12.6. The van der Waals surface area contributed by atoms with Gasteiger partial charge in [0.25, 0.3) is 0 Å². The zero-order valence-electron chi connectivity index (χ0n) is 25.0. The summed E-state index contributed by atoms with van der Waals surface area (Å²) in [5.41, 5.74) is -0.907. The Morgan fingerprint density at radius 3 is 1.33 bits per heavy atom. The van der Waals surface area contributed by atoms with Gasteiger partial charge < -0.3 is 50.3 Å². The number of rotatable bonds is 10. The average molecular weight is 615 g/mol. The van der Waals surface area contributed by atoms with Crippen LogP contribution in [0.1, 0.15) is 57.6 Å². The molecule has 244 valence electrons. The third-order valence-corrected chi connectivity index (χ3v) is 9.03.